The van der Waals surface area contributed by atoms with E-state index < -0.39 is 0 Å². The van der Waals surface area contributed by atoms with E-state index in [0.29, 0.717) is 22.3 Å². The maximum atomic E-state index is 6.11. The van der Waals surface area contributed by atoms with Crippen LogP contribution < -0.4 is 10.5 Å². The van der Waals surface area contributed by atoms with Crippen LogP contribution in [0.5, 0.6) is 11.6 Å². The minimum Gasteiger partial charge on any atom is -0.438 e. The molecule has 0 saturated carbocycles. The minimum absolute atomic E-state index is 0.302. The van der Waals surface area contributed by atoms with Crippen molar-refractivity contribution in [1.82, 2.24) is 9.78 Å². The summed E-state index contributed by atoms with van der Waals surface area (Å²) in [7, 11) is 1.83. The smallest absolute Gasteiger partial charge is 0.228 e. The van der Waals surface area contributed by atoms with Crippen LogP contribution in [0.4, 0.5) is 0 Å². The van der Waals surface area contributed by atoms with E-state index in [1.807, 2.05) is 32.2 Å². The molecule has 4 nitrogen and oxygen atoms in total. The molecule has 0 fully saturated rings. The summed E-state index contributed by atoms with van der Waals surface area (Å²) in [6.45, 7) is 6.23. The highest BCUT2D eigenvalue weighted by atomic mass is 32.1. The van der Waals surface area contributed by atoms with Gasteiger partial charge in [-0.05, 0) is 30.9 Å². The van der Waals surface area contributed by atoms with Crippen LogP contribution in [0.15, 0.2) is 24.3 Å². The normalized spacial score (nSPS) is 12.2. The Morgan fingerprint density at radius 2 is 2.10 bits per heavy atom. The highest BCUT2D eigenvalue weighted by Crippen LogP contribution is 2.33. The molecule has 0 aliphatic heterocycles. The van der Waals surface area contributed by atoms with Crippen molar-refractivity contribution in [3.63, 3.8) is 0 Å². The van der Waals surface area contributed by atoms with Gasteiger partial charge in [-0.3, -0.25) is 0 Å². The van der Waals surface area contributed by atoms with Crippen molar-refractivity contribution in [2.75, 3.05) is 0 Å². The number of nitrogens with two attached hydrogens (primary N) is 1. The second-order valence-corrected chi connectivity index (χ2v) is 5.64. The first-order valence-electron chi connectivity index (χ1n) is 7.05. The Balaban J connectivity index is 2.46. The number of thiocarbonyl (C=S) groups is 1. The Labute approximate surface area is 130 Å². The molecule has 1 unspecified atom stereocenters. The zero-order chi connectivity index (χ0) is 15.6. The van der Waals surface area contributed by atoms with Crippen LogP contribution in [0.25, 0.3) is 0 Å². The fraction of sp³-hybridized carbons (Fsp3) is 0.375. The van der Waals surface area contributed by atoms with Crippen LogP contribution >= 0.6 is 12.2 Å². The van der Waals surface area contributed by atoms with Gasteiger partial charge in [0.05, 0.1) is 11.3 Å². The maximum absolute atomic E-state index is 6.11. The topological polar surface area (TPSA) is 53.1 Å². The first-order chi connectivity index (χ1) is 9.95. The number of benzene rings is 1. The van der Waals surface area contributed by atoms with E-state index in [9.17, 15) is 0 Å². The van der Waals surface area contributed by atoms with E-state index in [1.54, 1.807) is 4.68 Å². The van der Waals surface area contributed by atoms with E-state index in [2.05, 4.69) is 25.0 Å². The molecule has 2 rings (SSSR count). The predicted octanol–water partition coefficient (Wildman–Crippen LogP) is 3.67. The molecule has 0 aliphatic rings. The minimum atomic E-state index is 0.302. The average molecular weight is 303 g/mol. The molecular weight excluding hydrogens is 282 g/mol. The number of rotatable bonds is 5. The molecule has 1 aromatic heterocycles. The van der Waals surface area contributed by atoms with E-state index in [4.69, 9.17) is 22.7 Å². The Morgan fingerprint density at radius 1 is 1.43 bits per heavy atom. The summed E-state index contributed by atoms with van der Waals surface area (Å²) in [5.41, 5.74) is 8.46. The molecule has 1 heterocycles. The van der Waals surface area contributed by atoms with Crippen molar-refractivity contribution in [2.45, 2.75) is 33.1 Å². The van der Waals surface area contributed by atoms with Crippen molar-refractivity contribution >= 4 is 17.2 Å². The summed E-state index contributed by atoms with van der Waals surface area (Å²) in [5.74, 6) is 1.84. The average Bonchev–Trinajstić information content (AvgIpc) is 2.73. The molecule has 0 bridgehead atoms. The van der Waals surface area contributed by atoms with Gasteiger partial charge in [0, 0.05) is 7.05 Å². The number of nitrogens with zero attached hydrogens (tertiary/aromatic N) is 2. The number of para-hydroxylation sites is 1. The maximum Gasteiger partial charge on any atom is 0.228 e. The van der Waals surface area contributed by atoms with Gasteiger partial charge in [-0.1, -0.05) is 44.3 Å². The third kappa shape index (κ3) is 3.08. The number of hydrogen-bond donors (Lipinski definition) is 1. The van der Waals surface area contributed by atoms with Crippen molar-refractivity contribution in [3.8, 4) is 11.6 Å². The Kier molecular flexibility index (Phi) is 4.63. The summed E-state index contributed by atoms with van der Waals surface area (Å²) in [6.07, 6.45) is 1.05. The van der Waals surface area contributed by atoms with Crippen LogP contribution in [-0.4, -0.2) is 14.8 Å². The standard InChI is InChI=1S/C16H21N3OS/c1-5-10(2)12-8-6-7-9-13(12)20-16-14(15(17)21)11(3)18-19(16)4/h6-10H,5H2,1-4H3,(H2,17,21). The summed E-state index contributed by atoms with van der Waals surface area (Å²) in [4.78, 5) is 0.302. The van der Waals surface area contributed by atoms with Crippen LogP contribution in [0.3, 0.4) is 0 Å². The van der Waals surface area contributed by atoms with Gasteiger partial charge < -0.3 is 10.5 Å². The van der Waals surface area contributed by atoms with Gasteiger partial charge in [0.2, 0.25) is 5.88 Å². The number of aromatic nitrogens is 2. The van der Waals surface area contributed by atoms with Gasteiger partial charge in [-0.2, -0.15) is 5.10 Å². The number of ether oxygens (including phenoxy) is 1. The molecule has 112 valence electrons. The van der Waals surface area contributed by atoms with Crippen molar-refractivity contribution in [3.05, 3.63) is 41.1 Å². The Bertz CT molecular complexity index is 664. The van der Waals surface area contributed by atoms with Crippen LogP contribution in [-0.2, 0) is 7.05 Å². The number of hydrogen-bond acceptors (Lipinski definition) is 3. The molecule has 0 aliphatic carbocycles. The molecule has 0 radical (unpaired) electrons. The van der Waals surface area contributed by atoms with Crippen molar-refractivity contribution in [1.29, 1.82) is 0 Å². The number of aryl methyl sites for hydroxylation is 2. The molecule has 5 heteroatoms. The Hall–Kier alpha value is -1.88. The monoisotopic (exact) mass is 303 g/mol. The van der Waals surface area contributed by atoms with Gasteiger partial charge in [0.25, 0.3) is 0 Å². The van der Waals surface area contributed by atoms with Crippen LogP contribution in [0.2, 0.25) is 0 Å². The molecule has 0 spiro atoms. The lowest BCUT2D eigenvalue weighted by molar-refractivity contribution is 0.422. The lowest BCUT2D eigenvalue weighted by atomic mass is 9.98. The van der Waals surface area contributed by atoms with Gasteiger partial charge in [0.15, 0.2) is 0 Å². The zero-order valence-corrected chi connectivity index (χ0v) is 13.7. The molecule has 1 aromatic carbocycles. The molecule has 0 saturated heterocycles. The van der Waals surface area contributed by atoms with Crippen LogP contribution in [0.1, 0.15) is 43.0 Å². The zero-order valence-electron chi connectivity index (χ0n) is 12.9. The lowest BCUT2D eigenvalue weighted by Gasteiger charge is -2.16. The third-order valence-electron chi connectivity index (χ3n) is 3.68. The molecule has 0 amide bonds. The van der Waals surface area contributed by atoms with Crippen molar-refractivity contribution in [2.24, 2.45) is 12.8 Å². The fourth-order valence-corrected chi connectivity index (χ4v) is 2.58. The van der Waals surface area contributed by atoms with Gasteiger partial charge in [0.1, 0.15) is 10.7 Å². The highest BCUT2D eigenvalue weighted by Gasteiger charge is 2.19. The van der Waals surface area contributed by atoms with Gasteiger partial charge in [-0.15, -0.1) is 0 Å². The van der Waals surface area contributed by atoms with Crippen molar-refractivity contribution < 1.29 is 4.74 Å². The summed E-state index contributed by atoms with van der Waals surface area (Å²) < 4.78 is 7.79. The highest BCUT2D eigenvalue weighted by molar-refractivity contribution is 7.80. The third-order valence-corrected chi connectivity index (χ3v) is 3.89. The molecular formula is C16H21N3OS. The summed E-state index contributed by atoms with van der Waals surface area (Å²) >= 11 is 5.12. The van der Waals surface area contributed by atoms with Gasteiger partial charge >= 0.3 is 0 Å². The van der Waals surface area contributed by atoms with Crippen LogP contribution in [0, 0.1) is 6.92 Å². The first kappa shape index (κ1) is 15.5. The molecule has 2 N–H and O–H groups in total. The SMILES string of the molecule is CCC(C)c1ccccc1Oc1c(C(N)=S)c(C)nn1C. The fourth-order valence-electron chi connectivity index (χ4n) is 2.34. The predicted molar refractivity (Wildman–Crippen MR) is 89.1 cm³/mol. The molecule has 1 atom stereocenters. The van der Waals surface area contributed by atoms with E-state index in [0.717, 1.165) is 17.9 Å². The van der Waals surface area contributed by atoms with E-state index >= 15 is 0 Å². The lowest BCUT2D eigenvalue weighted by Crippen LogP contribution is -2.12. The Morgan fingerprint density at radius 3 is 2.71 bits per heavy atom. The molecule has 21 heavy (non-hydrogen) atoms. The summed E-state index contributed by atoms with van der Waals surface area (Å²) in [6, 6.07) is 8.04. The second kappa shape index (κ2) is 6.26. The summed E-state index contributed by atoms with van der Waals surface area (Å²) in [5, 5.41) is 4.35. The van der Waals surface area contributed by atoms with E-state index in [1.165, 1.54) is 5.56 Å². The quantitative estimate of drug-likeness (QED) is 0.856. The second-order valence-electron chi connectivity index (χ2n) is 5.20. The van der Waals surface area contributed by atoms with Gasteiger partial charge in [-0.25, -0.2) is 4.68 Å². The largest absolute Gasteiger partial charge is 0.438 e. The molecule has 2 aromatic rings. The van der Waals surface area contributed by atoms with E-state index in [-0.39, 0.29) is 0 Å². The first-order valence-corrected chi connectivity index (χ1v) is 7.46.